The second-order valence-electron chi connectivity index (χ2n) is 8.27. The molecule has 2 aromatic heterocycles. The molecule has 0 saturated heterocycles. The fraction of sp³-hybridized carbons (Fsp3) is 0.348. The summed E-state index contributed by atoms with van der Waals surface area (Å²) in [6.45, 7) is 6.82. The summed E-state index contributed by atoms with van der Waals surface area (Å²) in [6, 6.07) is 7.01. The summed E-state index contributed by atoms with van der Waals surface area (Å²) in [7, 11) is 1.42. The standard InChI is InChI=1S/C23H23ClN4O5/c1-13-26-27-20(32-13)10-18(22(30)33-23(2,3)4)28-12-19(31-5)17(9-21(28)29)16-8-15(24)7-6-14(16)11-25/h6-9,12,18H,10H2,1-5H3. The van der Waals surface area contributed by atoms with Crippen LogP contribution in [0.2, 0.25) is 5.02 Å². The van der Waals surface area contributed by atoms with E-state index in [4.69, 9.17) is 25.5 Å². The number of nitriles is 1. The molecule has 1 atom stereocenters. The maximum atomic E-state index is 13.2. The number of hydrogen-bond acceptors (Lipinski definition) is 8. The topological polar surface area (TPSA) is 120 Å². The number of methoxy groups -OCH3 is 1. The molecule has 0 radical (unpaired) electrons. The highest BCUT2D eigenvalue weighted by atomic mass is 35.5. The molecule has 2 heterocycles. The number of rotatable bonds is 6. The van der Waals surface area contributed by atoms with Gasteiger partial charge in [0, 0.05) is 29.1 Å². The third-order valence-electron chi connectivity index (χ3n) is 4.61. The Morgan fingerprint density at radius 2 is 2.00 bits per heavy atom. The van der Waals surface area contributed by atoms with Gasteiger partial charge in [-0.1, -0.05) is 11.6 Å². The van der Waals surface area contributed by atoms with E-state index < -0.39 is 23.2 Å². The molecule has 0 amide bonds. The molecule has 0 saturated carbocycles. The van der Waals surface area contributed by atoms with Crippen molar-refractivity contribution in [3.8, 4) is 22.9 Å². The van der Waals surface area contributed by atoms with Crippen LogP contribution < -0.4 is 10.3 Å². The van der Waals surface area contributed by atoms with E-state index >= 15 is 0 Å². The summed E-state index contributed by atoms with van der Waals surface area (Å²) in [5.41, 5.74) is -0.167. The van der Waals surface area contributed by atoms with Crippen LogP contribution in [0.1, 0.15) is 44.2 Å². The van der Waals surface area contributed by atoms with E-state index in [0.717, 1.165) is 0 Å². The molecule has 0 N–H and O–H groups in total. The van der Waals surface area contributed by atoms with Gasteiger partial charge in [0.2, 0.25) is 11.8 Å². The summed E-state index contributed by atoms with van der Waals surface area (Å²) >= 11 is 6.12. The molecule has 3 aromatic rings. The zero-order valence-electron chi connectivity index (χ0n) is 18.9. The highest BCUT2D eigenvalue weighted by Crippen LogP contribution is 2.33. The Labute approximate surface area is 195 Å². The molecule has 10 heteroatoms. The Balaban J connectivity index is 2.15. The van der Waals surface area contributed by atoms with Crippen molar-refractivity contribution in [3.63, 3.8) is 0 Å². The number of benzene rings is 1. The number of aromatic nitrogens is 3. The lowest BCUT2D eigenvalue weighted by Crippen LogP contribution is -2.36. The van der Waals surface area contributed by atoms with Gasteiger partial charge in [-0.3, -0.25) is 9.36 Å². The molecule has 3 rings (SSSR count). The van der Waals surface area contributed by atoms with Crippen molar-refractivity contribution in [1.29, 1.82) is 5.26 Å². The number of nitrogens with zero attached hydrogens (tertiary/aromatic N) is 4. The lowest BCUT2D eigenvalue weighted by Gasteiger charge is -2.25. The first kappa shape index (κ1) is 24.0. The minimum Gasteiger partial charge on any atom is -0.495 e. The largest absolute Gasteiger partial charge is 0.495 e. The van der Waals surface area contributed by atoms with Gasteiger partial charge in [0.15, 0.2) is 0 Å². The molecule has 9 nitrogen and oxygen atoms in total. The minimum absolute atomic E-state index is 0.0568. The Kier molecular flexibility index (Phi) is 6.89. The SMILES string of the molecule is COc1cn(C(Cc2nnc(C)o2)C(=O)OC(C)(C)C)c(=O)cc1-c1cc(Cl)ccc1C#N. The minimum atomic E-state index is -1.09. The maximum Gasteiger partial charge on any atom is 0.330 e. The molecule has 0 spiro atoms. The van der Waals surface area contributed by atoms with Crippen LogP contribution in [-0.4, -0.2) is 33.4 Å². The van der Waals surface area contributed by atoms with E-state index in [0.29, 0.717) is 27.6 Å². The fourth-order valence-electron chi connectivity index (χ4n) is 3.23. The van der Waals surface area contributed by atoms with Crippen LogP contribution in [-0.2, 0) is 16.0 Å². The predicted molar refractivity (Wildman–Crippen MR) is 120 cm³/mol. The van der Waals surface area contributed by atoms with Crippen molar-refractivity contribution >= 4 is 17.6 Å². The number of pyridine rings is 1. The average Bonchev–Trinajstić information content (AvgIpc) is 3.15. The van der Waals surface area contributed by atoms with Crippen molar-refractivity contribution in [2.75, 3.05) is 7.11 Å². The smallest absolute Gasteiger partial charge is 0.330 e. The van der Waals surface area contributed by atoms with E-state index in [1.54, 1.807) is 45.9 Å². The lowest BCUT2D eigenvalue weighted by atomic mass is 10.00. The fourth-order valence-corrected chi connectivity index (χ4v) is 3.40. The van der Waals surface area contributed by atoms with E-state index in [-0.39, 0.29) is 18.1 Å². The normalized spacial score (nSPS) is 12.2. The molecular weight excluding hydrogens is 448 g/mol. The summed E-state index contributed by atoms with van der Waals surface area (Å²) in [4.78, 5) is 26.2. The van der Waals surface area contributed by atoms with Crippen molar-refractivity contribution < 1.29 is 18.7 Å². The van der Waals surface area contributed by atoms with Crippen LogP contribution in [0.3, 0.4) is 0 Å². The molecule has 172 valence electrons. The van der Waals surface area contributed by atoms with E-state index in [9.17, 15) is 14.9 Å². The Hall–Kier alpha value is -3.64. The van der Waals surface area contributed by atoms with Crippen LogP contribution in [0.15, 0.2) is 39.7 Å². The summed E-state index contributed by atoms with van der Waals surface area (Å²) in [5.74, 6) is 0.137. The van der Waals surface area contributed by atoms with Gasteiger partial charge in [-0.2, -0.15) is 5.26 Å². The van der Waals surface area contributed by atoms with Gasteiger partial charge < -0.3 is 13.9 Å². The summed E-state index contributed by atoms with van der Waals surface area (Å²) in [6.07, 6.45) is 1.34. The molecule has 0 aliphatic carbocycles. The van der Waals surface area contributed by atoms with Gasteiger partial charge in [0.1, 0.15) is 17.4 Å². The number of carbonyl (C=O) groups excluding carboxylic acids is 1. The Morgan fingerprint density at radius 3 is 2.58 bits per heavy atom. The van der Waals surface area contributed by atoms with Crippen molar-refractivity contribution in [2.45, 2.75) is 45.8 Å². The van der Waals surface area contributed by atoms with Crippen molar-refractivity contribution in [1.82, 2.24) is 14.8 Å². The summed E-state index contributed by atoms with van der Waals surface area (Å²) in [5, 5.41) is 17.6. The van der Waals surface area contributed by atoms with Gasteiger partial charge in [0.05, 0.1) is 31.4 Å². The van der Waals surface area contributed by atoms with Gasteiger partial charge in [0.25, 0.3) is 5.56 Å². The zero-order chi connectivity index (χ0) is 24.3. The molecule has 0 aliphatic rings. The van der Waals surface area contributed by atoms with Crippen LogP contribution in [0.5, 0.6) is 5.75 Å². The van der Waals surface area contributed by atoms with Gasteiger partial charge in [-0.25, -0.2) is 4.79 Å². The number of esters is 1. The number of carbonyl (C=O) groups is 1. The predicted octanol–water partition coefficient (Wildman–Crippen LogP) is 3.87. The van der Waals surface area contributed by atoms with Crippen molar-refractivity contribution in [3.05, 3.63) is 63.2 Å². The van der Waals surface area contributed by atoms with Crippen molar-refractivity contribution in [2.24, 2.45) is 0 Å². The molecular formula is C23H23ClN4O5. The van der Waals surface area contributed by atoms with Crippen LogP contribution in [0.25, 0.3) is 11.1 Å². The van der Waals surface area contributed by atoms with Crippen LogP contribution >= 0.6 is 11.6 Å². The lowest BCUT2D eigenvalue weighted by molar-refractivity contribution is -0.159. The first-order valence-electron chi connectivity index (χ1n) is 10.0. The number of hydrogen-bond donors (Lipinski definition) is 0. The molecule has 1 aromatic carbocycles. The maximum absolute atomic E-state index is 13.2. The first-order chi connectivity index (χ1) is 15.5. The Bertz CT molecular complexity index is 1280. The molecule has 0 bridgehead atoms. The van der Waals surface area contributed by atoms with Gasteiger partial charge in [-0.05, 0) is 39.0 Å². The van der Waals surface area contributed by atoms with Crippen LogP contribution in [0, 0.1) is 18.3 Å². The molecule has 0 aliphatic heterocycles. The van der Waals surface area contributed by atoms with Crippen LogP contribution in [0.4, 0.5) is 0 Å². The third kappa shape index (κ3) is 5.59. The monoisotopic (exact) mass is 470 g/mol. The highest BCUT2D eigenvalue weighted by Gasteiger charge is 2.30. The quantitative estimate of drug-likeness (QED) is 0.498. The second-order valence-corrected chi connectivity index (χ2v) is 8.71. The highest BCUT2D eigenvalue weighted by molar-refractivity contribution is 6.31. The first-order valence-corrected chi connectivity index (χ1v) is 10.4. The third-order valence-corrected chi connectivity index (χ3v) is 4.84. The zero-order valence-corrected chi connectivity index (χ0v) is 19.6. The van der Waals surface area contributed by atoms with Gasteiger partial charge >= 0.3 is 5.97 Å². The average molecular weight is 471 g/mol. The molecule has 0 fully saturated rings. The van der Waals surface area contributed by atoms with E-state index in [2.05, 4.69) is 16.3 Å². The number of aryl methyl sites for hydroxylation is 1. The number of halogens is 1. The van der Waals surface area contributed by atoms with Gasteiger partial charge in [-0.15, -0.1) is 10.2 Å². The number of ether oxygens (including phenoxy) is 2. The Morgan fingerprint density at radius 1 is 1.27 bits per heavy atom. The second kappa shape index (κ2) is 9.46. The molecule has 1 unspecified atom stereocenters. The van der Waals surface area contributed by atoms with E-state index in [1.165, 1.54) is 23.9 Å². The molecule has 33 heavy (non-hydrogen) atoms. The summed E-state index contributed by atoms with van der Waals surface area (Å²) < 4.78 is 17.7. The van der Waals surface area contributed by atoms with E-state index in [1.807, 2.05) is 0 Å².